The molecule has 1 aliphatic rings. The van der Waals surface area contributed by atoms with E-state index < -0.39 is 0 Å². The van der Waals surface area contributed by atoms with Crippen LogP contribution >= 0.6 is 0 Å². The summed E-state index contributed by atoms with van der Waals surface area (Å²) in [5, 5.41) is 8.16. The average Bonchev–Trinajstić information content (AvgIpc) is 3.29. The smallest absolute Gasteiger partial charge is 0.123 e. The molecule has 0 saturated carbocycles. The standard InChI is InChI=1S/C19H15FN4/c20-15-6-3-12(4-7-15)18-19(24-9-1-2-17(24)22-18)13-5-8-16-14(10-13)11-21-23-16/h3-8,10-11H,1-2,9H2,(H,21,23). The summed E-state index contributed by atoms with van der Waals surface area (Å²) < 4.78 is 15.6. The lowest BCUT2D eigenvalue weighted by Crippen LogP contribution is -1.96. The first-order valence-corrected chi connectivity index (χ1v) is 8.08. The van der Waals surface area contributed by atoms with Crippen LogP contribution < -0.4 is 0 Å². The maximum Gasteiger partial charge on any atom is 0.123 e. The molecule has 0 unspecified atom stereocenters. The molecule has 1 aliphatic heterocycles. The molecule has 3 heterocycles. The number of aromatic nitrogens is 4. The van der Waals surface area contributed by atoms with Gasteiger partial charge in [-0.25, -0.2) is 9.37 Å². The van der Waals surface area contributed by atoms with Crippen LogP contribution in [-0.4, -0.2) is 19.7 Å². The SMILES string of the molecule is Fc1ccc(-c2nc3n(c2-c2ccc4[nH]ncc4c2)CCC3)cc1. The molecule has 0 aliphatic carbocycles. The summed E-state index contributed by atoms with van der Waals surface area (Å²) in [6.07, 6.45) is 3.94. The summed E-state index contributed by atoms with van der Waals surface area (Å²) in [5.74, 6) is 0.878. The maximum absolute atomic E-state index is 13.3. The van der Waals surface area contributed by atoms with Crippen molar-refractivity contribution in [2.24, 2.45) is 0 Å². The summed E-state index contributed by atoms with van der Waals surface area (Å²) in [6.45, 7) is 0.974. The number of imidazole rings is 1. The summed E-state index contributed by atoms with van der Waals surface area (Å²) >= 11 is 0. The number of H-pyrrole nitrogens is 1. The molecule has 4 aromatic rings. The third-order valence-corrected chi connectivity index (χ3v) is 4.66. The summed E-state index contributed by atoms with van der Waals surface area (Å²) in [6, 6.07) is 12.8. The molecule has 0 atom stereocenters. The molecule has 1 N–H and O–H groups in total. The highest BCUT2D eigenvalue weighted by Crippen LogP contribution is 2.36. The first-order chi connectivity index (χ1) is 11.8. The molecule has 2 aromatic heterocycles. The van der Waals surface area contributed by atoms with Crippen LogP contribution in [-0.2, 0) is 13.0 Å². The van der Waals surface area contributed by atoms with E-state index in [0.717, 1.165) is 58.6 Å². The first-order valence-electron chi connectivity index (χ1n) is 8.08. The fourth-order valence-electron chi connectivity index (χ4n) is 3.52. The predicted molar refractivity (Wildman–Crippen MR) is 91.0 cm³/mol. The van der Waals surface area contributed by atoms with Crippen LogP contribution in [0.1, 0.15) is 12.2 Å². The molecule has 24 heavy (non-hydrogen) atoms. The number of hydrogen-bond acceptors (Lipinski definition) is 2. The van der Waals surface area contributed by atoms with E-state index in [-0.39, 0.29) is 5.82 Å². The molecule has 0 fully saturated rings. The van der Waals surface area contributed by atoms with Crippen molar-refractivity contribution in [1.29, 1.82) is 0 Å². The van der Waals surface area contributed by atoms with Crippen LogP contribution in [0.2, 0.25) is 0 Å². The van der Waals surface area contributed by atoms with Crippen molar-refractivity contribution in [1.82, 2.24) is 19.7 Å². The summed E-state index contributed by atoms with van der Waals surface area (Å²) in [4.78, 5) is 4.85. The Balaban J connectivity index is 1.75. The van der Waals surface area contributed by atoms with Crippen LogP contribution in [0.25, 0.3) is 33.4 Å². The van der Waals surface area contributed by atoms with Gasteiger partial charge in [-0.3, -0.25) is 5.10 Å². The highest BCUT2D eigenvalue weighted by molar-refractivity contribution is 5.87. The van der Waals surface area contributed by atoms with Gasteiger partial charge in [-0.2, -0.15) is 5.10 Å². The van der Waals surface area contributed by atoms with Crippen molar-refractivity contribution in [2.45, 2.75) is 19.4 Å². The van der Waals surface area contributed by atoms with Gasteiger partial charge in [-0.15, -0.1) is 0 Å². The first kappa shape index (κ1) is 13.5. The monoisotopic (exact) mass is 318 g/mol. The number of aryl methyl sites for hydroxylation is 1. The Morgan fingerprint density at radius 1 is 1.04 bits per heavy atom. The molecule has 5 rings (SSSR count). The lowest BCUT2D eigenvalue weighted by Gasteiger charge is -2.09. The zero-order valence-electron chi connectivity index (χ0n) is 13.0. The third kappa shape index (κ3) is 1.98. The molecule has 0 spiro atoms. The Morgan fingerprint density at radius 2 is 1.88 bits per heavy atom. The van der Waals surface area contributed by atoms with Crippen LogP contribution in [0.15, 0.2) is 48.7 Å². The van der Waals surface area contributed by atoms with E-state index in [4.69, 9.17) is 4.98 Å². The van der Waals surface area contributed by atoms with Crippen molar-refractivity contribution >= 4 is 10.9 Å². The van der Waals surface area contributed by atoms with Gasteiger partial charge in [0.1, 0.15) is 11.6 Å². The molecule has 5 heteroatoms. The van der Waals surface area contributed by atoms with E-state index in [2.05, 4.69) is 26.9 Å². The van der Waals surface area contributed by atoms with Crippen LogP contribution in [0.3, 0.4) is 0 Å². The number of benzene rings is 2. The number of nitrogens with zero attached hydrogens (tertiary/aromatic N) is 3. The maximum atomic E-state index is 13.3. The van der Waals surface area contributed by atoms with Gasteiger partial charge in [0, 0.05) is 29.5 Å². The van der Waals surface area contributed by atoms with Crippen LogP contribution in [0.5, 0.6) is 0 Å². The van der Waals surface area contributed by atoms with E-state index in [1.54, 1.807) is 12.1 Å². The van der Waals surface area contributed by atoms with E-state index >= 15 is 0 Å². The van der Waals surface area contributed by atoms with E-state index in [9.17, 15) is 4.39 Å². The van der Waals surface area contributed by atoms with E-state index in [1.165, 1.54) is 12.1 Å². The van der Waals surface area contributed by atoms with Crippen LogP contribution in [0.4, 0.5) is 4.39 Å². The molecular weight excluding hydrogens is 303 g/mol. The lowest BCUT2D eigenvalue weighted by atomic mass is 10.0. The quantitative estimate of drug-likeness (QED) is 0.603. The van der Waals surface area contributed by atoms with Gasteiger partial charge in [-0.05, 0) is 42.8 Å². The number of hydrogen-bond donors (Lipinski definition) is 1. The van der Waals surface area contributed by atoms with E-state index in [1.807, 2.05) is 12.3 Å². The Morgan fingerprint density at radius 3 is 2.75 bits per heavy atom. The Kier molecular flexibility index (Phi) is 2.82. The molecule has 118 valence electrons. The predicted octanol–water partition coefficient (Wildman–Crippen LogP) is 4.18. The van der Waals surface area contributed by atoms with Crippen molar-refractivity contribution in [2.75, 3.05) is 0 Å². The molecule has 0 bridgehead atoms. The van der Waals surface area contributed by atoms with Gasteiger partial charge in [0.25, 0.3) is 0 Å². The fraction of sp³-hybridized carbons (Fsp3) is 0.158. The van der Waals surface area contributed by atoms with Gasteiger partial charge in [0.15, 0.2) is 0 Å². The van der Waals surface area contributed by atoms with Crippen molar-refractivity contribution in [3.63, 3.8) is 0 Å². The average molecular weight is 318 g/mol. The Labute approximate surface area is 138 Å². The lowest BCUT2D eigenvalue weighted by molar-refractivity contribution is 0.628. The third-order valence-electron chi connectivity index (χ3n) is 4.66. The molecule has 0 saturated heterocycles. The van der Waals surface area contributed by atoms with E-state index in [0.29, 0.717) is 0 Å². The highest BCUT2D eigenvalue weighted by atomic mass is 19.1. The number of rotatable bonds is 2. The van der Waals surface area contributed by atoms with Crippen LogP contribution in [0, 0.1) is 5.82 Å². The minimum absolute atomic E-state index is 0.230. The minimum atomic E-state index is -0.230. The zero-order valence-corrected chi connectivity index (χ0v) is 13.0. The normalized spacial score (nSPS) is 13.5. The second kappa shape index (κ2) is 5.03. The molecule has 4 nitrogen and oxygen atoms in total. The minimum Gasteiger partial charge on any atom is -0.327 e. The van der Waals surface area contributed by atoms with Gasteiger partial charge in [0.2, 0.25) is 0 Å². The Bertz CT molecular complexity index is 1040. The van der Waals surface area contributed by atoms with Crippen molar-refractivity contribution < 1.29 is 4.39 Å². The zero-order chi connectivity index (χ0) is 16.1. The molecule has 2 aromatic carbocycles. The topological polar surface area (TPSA) is 46.5 Å². The van der Waals surface area contributed by atoms with Gasteiger partial charge < -0.3 is 4.57 Å². The highest BCUT2D eigenvalue weighted by Gasteiger charge is 2.23. The van der Waals surface area contributed by atoms with Gasteiger partial charge in [-0.1, -0.05) is 6.07 Å². The van der Waals surface area contributed by atoms with Gasteiger partial charge in [0.05, 0.1) is 23.1 Å². The van der Waals surface area contributed by atoms with Gasteiger partial charge >= 0.3 is 0 Å². The largest absolute Gasteiger partial charge is 0.327 e. The molecular formula is C19H15FN4. The van der Waals surface area contributed by atoms with Crippen molar-refractivity contribution in [3.8, 4) is 22.5 Å². The second-order valence-electron chi connectivity index (χ2n) is 6.16. The number of nitrogens with one attached hydrogen (secondary N) is 1. The summed E-state index contributed by atoms with van der Waals surface area (Å²) in [5.41, 5.74) is 5.11. The number of fused-ring (bicyclic) bond motifs is 2. The molecule has 0 amide bonds. The Hall–Kier alpha value is -2.95. The number of aromatic amines is 1. The number of halogens is 1. The summed E-state index contributed by atoms with van der Waals surface area (Å²) in [7, 11) is 0. The van der Waals surface area contributed by atoms with Crippen molar-refractivity contribution in [3.05, 3.63) is 60.3 Å². The second-order valence-corrected chi connectivity index (χ2v) is 6.16. The fourth-order valence-corrected chi connectivity index (χ4v) is 3.52. The molecule has 0 radical (unpaired) electrons.